The maximum Gasteiger partial charge on any atom is 0.166 e. The largest absolute Gasteiger partial charge is 0.396 e. The van der Waals surface area contributed by atoms with E-state index in [1.807, 2.05) is 13.8 Å². The molecule has 17 heavy (non-hydrogen) atoms. The average Bonchev–Trinajstić information content (AvgIpc) is 2.41. The van der Waals surface area contributed by atoms with Gasteiger partial charge >= 0.3 is 0 Å². The first kappa shape index (κ1) is 13.4. The highest BCUT2D eigenvalue weighted by atomic mass is 16.3. The van der Waals surface area contributed by atoms with E-state index in [2.05, 4.69) is 21.6 Å². The van der Waals surface area contributed by atoms with Gasteiger partial charge in [-0.15, -0.1) is 5.10 Å². The molecule has 5 heteroatoms. The third-order valence-corrected chi connectivity index (χ3v) is 3.31. The average molecular weight is 234 g/mol. The Hall–Kier alpha value is -1.67. The van der Waals surface area contributed by atoms with Gasteiger partial charge in [-0.3, -0.25) is 0 Å². The van der Waals surface area contributed by atoms with E-state index < -0.39 is 0 Å². The molecule has 0 aromatic carbocycles. The molecule has 0 spiro atoms. The summed E-state index contributed by atoms with van der Waals surface area (Å²) in [4.78, 5) is 0. The van der Waals surface area contributed by atoms with Gasteiger partial charge in [-0.25, -0.2) is 0 Å². The van der Waals surface area contributed by atoms with Crippen LogP contribution in [0.4, 0.5) is 5.82 Å². The molecular weight excluding hydrogens is 216 g/mol. The van der Waals surface area contributed by atoms with Crippen molar-refractivity contribution < 1.29 is 5.11 Å². The van der Waals surface area contributed by atoms with E-state index in [1.165, 1.54) is 6.20 Å². The van der Waals surface area contributed by atoms with Crippen LogP contribution in [0.3, 0.4) is 0 Å². The van der Waals surface area contributed by atoms with Crippen molar-refractivity contribution in [2.24, 2.45) is 5.41 Å². The van der Waals surface area contributed by atoms with Gasteiger partial charge in [-0.2, -0.15) is 10.4 Å². The van der Waals surface area contributed by atoms with Crippen LogP contribution in [-0.4, -0.2) is 28.5 Å². The predicted octanol–water partition coefficient (Wildman–Crippen LogP) is 1.56. The number of anilines is 1. The number of nitriles is 1. The molecule has 1 rings (SSSR count). The molecule has 1 aromatic rings. The van der Waals surface area contributed by atoms with E-state index in [9.17, 15) is 5.11 Å². The SMILES string of the molecule is CCC(CC)(CO)CNc1nnccc1C#N. The number of nitrogens with zero attached hydrogens (tertiary/aromatic N) is 3. The monoisotopic (exact) mass is 234 g/mol. The van der Waals surface area contributed by atoms with Crippen LogP contribution in [0.15, 0.2) is 12.3 Å². The van der Waals surface area contributed by atoms with E-state index in [0.717, 1.165) is 12.8 Å². The zero-order valence-corrected chi connectivity index (χ0v) is 10.3. The normalized spacial score (nSPS) is 10.9. The van der Waals surface area contributed by atoms with Gasteiger partial charge < -0.3 is 10.4 Å². The van der Waals surface area contributed by atoms with Gasteiger partial charge in [0.15, 0.2) is 5.82 Å². The lowest BCUT2D eigenvalue weighted by atomic mass is 9.83. The van der Waals surface area contributed by atoms with Crippen molar-refractivity contribution in [2.75, 3.05) is 18.5 Å². The second-order valence-electron chi connectivity index (χ2n) is 4.12. The molecule has 0 saturated heterocycles. The molecule has 0 aliphatic carbocycles. The Morgan fingerprint density at radius 2 is 2.18 bits per heavy atom. The van der Waals surface area contributed by atoms with Crippen LogP contribution in [0.2, 0.25) is 0 Å². The van der Waals surface area contributed by atoms with Crippen LogP contribution < -0.4 is 5.32 Å². The minimum absolute atomic E-state index is 0.120. The fourth-order valence-electron chi connectivity index (χ4n) is 1.60. The number of hydrogen-bond acceptors (Lipinski definition) is 5. The molecule has 0 amide bonds. The number of nitrogens with one attached hydrogen (secondary N) is 1. The van der Waals surface area contributed by atoms with Crippen molar-refractivity contribution in [3.05, 3.63) is 17.8 Å². The molecule has 0 bridgehead atoms. The maximum atomic E-state index is 9.44. The summed E-state index contributed by atoms with van der Waals surface area (Å²) in [5, 5.41) is 29.1. The Kier molecular flexibility index (Phi) is 4.85. The molecule has 0 radical (unpaired) electrons. The number of hydrogen-bond donors (Lipinski definition) is 2. The van der Waals surface area contributed by atoms with Crippen LogP contribution >= 0.6 is 0 Å². The molecule has 0 unspecified atom stereocenters. The standard InChI is InChI=1S/C12H18N4O/c1-3-12(4-2,9-17)8-14-11-10(7-13)5-6-15-16-11/h5-6,17H,3-4,8-9H2,1-2H3,(H,14,16). The summed E-state index contributed by atoms with van der Waals surface area (Å²) in [5.41, 5.74) is 0.309. The van der Waals surface area contributed by atoms with Gasteiger partial charge in [0, 0.05) is 12.0 Å². The van der Waals surface area contributed by atoms with Gasteiger partial charge in [0.25, 0.3) is 0 Å². The third-order valence-electron chi connectivity index (χ3n) is 3.31. The first-order chi connectivity index (χ1) is 8.21. The Bertz CT molecular complexity index is 387. The predicted molar refractivity (Wildman–Crippen MR) is 65.3 cm³/mol. The van der Waals surface area contributed by atoms with Gasteiger partial charge in [-0.1, -0.05) is 13.8 Å². The topological polar surface area (TPSA) is 81.8 Å². The summed E-state index contributed by atoms with van der Waals surface area (Å²) in [6.07, 6.45) is 3.23. The lowest BCUT2D eigenvalue weighted by Gasteiger charge is -2.29. The van der Waals surface area contributed by atoms with E-state index in [0.29, 0.717) is 17.9 Å². The fourth-order valence-corrected chi connectivity index (χ4v) is 1.60. The highest BCUT2D eigenvalue weighted by Crippen LogP contribution is 2.26. The lowest BCUT2D eigenvalue weighted by molar-refractivity contribution is 0.127. The first-order valence-corrected chi connectivity index (χ1v) is 5.78. The molecule has 0 aliphatic heterocycles. The van der Waals surface area contributed by atoms with Gasteiger partial charge in [0.2, 0.25) is 0 Å². The van der Waals surface area contributed by atoms with Gasteiger partial charge in [0.05, 0.1) is 18.4 Å². The molecule has 1 heterocycles. The molecule has 92 valence electrons. The van der Waals surface area contributed by atoms with Crippen molar-refractivity contribution in [3.63, 3.8) is 0 Å². The highest BCUT2D eigenvalue weighted by molar-refractivity contribution is 5.50. The Morgan fingerprint density at radius 1 is 1.47 bits per heavy atom. The second kappa shape index (κ2) is 6.16. The van der Waals surface area contributed by atoms with E-state index in [-0.39, 0.29) is 12.0 Å². The molecule has 0 saturated carbocycles. The van der Waals surface area contributed by atoms with Crippen LogP contribution in [0.1, 0.15) is 32.3 Å². The van der Waals surface area contributed by atoms with Crippen molar-refractivity contribution in [1.29, 1.82) is 5.26 Å². The van der Waals surface area contributed by atoms with Gasteiger partial charge in [0.1, 0.15) is 6.07 Å². The molecule has 5 nitrogen and oxygen atoms in total. The summed E-state index contributed by atoms with van der Waals surface area (Å²) < 4.78 is 0. The minimum Gasteiger partial charge on any atom is -0.396 e. The summed E-state index contributed by atoms with van der Waals surface area (Å²) in [6.45, 7) is 4.80. The number of rotatable bonds is 6. The lowest BCUT2D eigenvalue weighted by Crippen LogP contribution is -2.32. The van der Waals surface area contributed by atoms with Crippen molar-refractivity contribution in [1.82, 2.24) is 10.2 Å². The summed E-state index contributed by atoms with van der Waals surface area (Å²) in [5.74, 6) is 0.481. The second-order valence-corrected chi connectivity index (χ2v) is 4.12. The van der Waals surface area contributed by atoms with E-state index >= 15 is 0 Å². The highest BCUT2D eigenvalue weighted by Gasteiger charge is 2.25. The molecule has 0 aliphatic rings. The van der Waals surface area contributed by atoms with Crippen molar-refractivity contribution >= 4 is 5.82 Å². The molecular formula is C12H18N4O. The van der Waals surface area contributed by atoms with E-state index in [1.54, 1.807) is 6.07 Å². The fraction of sp³-hybridized carbons (Fsp3) is 0.583. The Balaban J connectivity index is 2.76. The molecule has 0 fully saturated rings. The summed E-state index contributed by atoms with van der Waals surface area (Å²) in [7, 11) is 0. The quantitative estimate of drug-likeness (QED) is 0.780. The van der Waals surface area contributed by atoms with Crippen LogP contribution in [0.5, 0.6) is 0 Å². The van der Waals surface area contributed by atoms with Crippen LogP contribution in [0.25, 0.3) is 0 Å². The third kappa shape index (κ3) is 3.14. The van der Waals surface area contributed by atoms with Crippen molar-refractivity contribution in [3.8, 4) is 6.07 Å². The minimum atomic E-state index is -0.162. The Morgan fingerprint density at radius 3 is 2.71 bits per heavy atom. The van der Waals surface area contributed by atoms with Crippen LogP contribution in [-0.2, 0) is 0 Å². The molecule has 0 atom stereocenters. The number of aliphatic hydroxyl groups excluding tert-OH is 1. The molecule has 1 aromatic heterocycles. The smallest absolute Gasteiger partial charge is 0.166 e. The number of aromatic nitrogens is 2. The summed E-state index contributed by atoms with van der Waals surface area (Å²) in [6, 6.07) is 3.68. The van der Waals surface area contributed by atoms with Gasteiger partial charge in [-0.05, 0) is 18.9 Å². The zero-order chi connectivity index (χ0) is 12.7. The zero-order valence-electron chi connectivity index (χ0n) is 10.3. The molecule has 2 N–H and O–H groups in total. The maximum absolute atomic E-state index is 9.44. The van der Waals surface area contributed by atoms with Crippen LogP contribution in [0, 0.1) is 16.7 Å². The van der Waals surface area contributed by atoms with E-state index in [4.69, 9.17) is 5.26 Å². The Labute approximate surface area is 101 Å². The summed E-state index contributed by atoms with van der Waals surface area (Å²) >= 11 is 0. The number of aliphatic hydroxyl groups is 1. The van der Waals surface area contributed by atoms with Crippen molar-refractivity contribution in [2.45, 2.75) is 26.7 Å². The first-order valence-electron chi connectivity index (χ1n) is 5.78.